The van der Waals surface area contributed by atoms with Crippen LogP contribution in [0.3, 0.4) is 0 Å². The van der Waals surface area contributed by atoms with Crippen molar-refractivity contribution in [2.75, 3.05) is 37.8 Å². The van der Waals surface area contributed by atoms with E-state index in [9.17, 15) is 0 Å². The molecule has 2 saturated heterocycles. The van der Waals surface area contributed by atoms with E-state index in [-0.39, 0.29) is 0 Å². The van der Waals surface area contributed by atoms with Gasteiger partial charge in [-0.3, -0.25) is 0 Å². The van der Waals surface area contributed by atoms with E-state index in [2.05, 4.69) is 126 Å². The minimum absolute atomic E-state index is 0.301. The number of hydrogen-bond acceptors (Lipinski definition) is 8. The van der Waals surface area contributed by atoms with E-state index < -0.39 is 30.5 Å². The molecule has 0 amide bonds. The molecule has 9 rings (SSSR count). The van der Waals surface area contributed by atoms with Gasteiger partial charge in [-0.25, -0.2) is 0 Å². The Labute approximate surface area is 363 Å². The second-order valence-electron chi connectivity index (χ2n) is 15.8. The van der Waals surface area contributed by atoms with Crippen molar-refractivity contribution in [3.8, 4) is 0 Å². The molecule has 312 valence electrons. The third kappa shape index (κ3) is 10.7. The van der Waals surface area contributed by atoms with E-state index >= 15 is 0 Å². The van der Waals surface area contributed by atoms with Gasteiger partial charge in [-0.1, -0.05) is 152 Å². The molecule has 0 aliphatic carbocycles. The Hall–Kier alpha value is -5.16. The monoisotopic (exact) mass is 831 g/mol. The number of nitrogens with zero attached hydrogens (tertiary/aromatic N) is 1. The smallest absolute Gasteiger partial charge is 0.117 e. The van der Waals surface area contributed by atoms with Crippen LogP contribution in [0.2, 0.25) is 0 Å². The molecule has 1 aromatic heterocycles. The highest BCUT2D eigenvalue weighted by molar-refractivity contribution is 7.19. The molecule has 7 aromatic rings. The van der Waals surface area contributed by atoms with Gasteiger partial charge in [0.05, 0.1) is 46.2 Å². The lowest BCUT2D eigenvalue weighted by molar-refractivity contribution is -0.275. The quantitative estimate of drug-likeness (QED) is 0.0906. The lowest BCUT2D eigenvalue weighted by Crippen LogP contribution is -2.58. The summed E-state index contributed by atoms with van der Waals surface area (Å²) in [5, 5.41) is 1.27. The summed E-state index contributed by atoms with van der Waals surface area (Å²) in [5.74, 6) is 0. The fraction of sp³-hybridized carbons (Fsp3) is 0.283. The summed E-state index contributed by atoms with van der Waals surface area (Å²) in [4.78, 5) is 3.75. The van der Waals surface area contributed by atoms with Crippen molar-refractivity contribution in [2.24, 2.45) is 0 Å². The number of ether oxygens (including phenoxy) is 6. The molecule has 8 heteroatoms. The van der Waals surface area contributed by atoms with Gasteiger partial charge in [-0.15, -0.1) is 11.3 Å². The Bertz CT molecular complexity index is 2360. The third-order valence-corrected chi connectivity index (χ3v) is 12.6. The van der Waals surface area contributed by atoms with Crippen molar-refractivity contribution in [3.63, 3.8) is 0 Å². The van der Waals surface area contributed by atoms with Crippen LogP contribution in [0.25, 0.3) is 10.1 Å². The summed E-state index contributed by atoms with van der Waals surface area (Å²) in [6.45, 7) is 4.79. The molecule has 0 saturated carbocycles. The third-order valence-electron chi connectivity index (χ3n) is 11.5. The standard InChI is InChI=1S/C53H53NO6S/c1-5-15-39(16-6-1)34-56-38-48-51(57-35-40-17-7-2-8-18-40)53(59-37-42-21-11-4-12-22-42)52(58-36-41-19-9-3-10-20-41)50(60-48)46-32-43(25-26-47(46)54-27-29-55-30-28-54)31-45-33-44-23-13-14-24-49(44)61-45/h1-26,32-33,48,50-53H,27-31,34-38H2/t48-,50+,51-,52+,53+/m1/s1. The van der Waals surface area contributed by atoms with Crippen molar-refractivity contribution in [2.45, 2.75) is 63.4 Å². The van der Waals surface area contributed by atoms with Crippen molar-refractivity contribution < 1.29 is 28.4 Å². The summed E-state index contributed by atoms with van der Waals surface area (Å²) in [5.41, 5.74) is 7.72. The molecule has 0 bridgehead atoms. The van der Waals surface area contributed by atoms with Crippen LogP contribution in [0, 0.1) is 0 Å². The number of benzene rings is 6. The van der Waals surface area contributed by atoms with E-state index in [1.165, 1.54) is 20.5 Å². The van der Waals surface area contributed by atoms with Gasteiger partial charge in [0.1, 0.15) is 30.5 Å². The number of hydrogen-bond donors (Lipinski definition) is 0. The maximum atomic E-state index is 7.47. The Morgan fingerprint density at radius 1 is 0.525 bits per heavy atom. The van der Waals surface area contributed by atoms with Crippen LogP contribution in [0.4, 0.5) is 5.69 Å². The second kappa shape index (κ2) is 20.6. The van der Waals surface area contributed by atoms with Crippen molar-refractivity contribution in [3.05, 3.63) is 208 Å². The first-order valence-electron chi connectivity index (χ1n) is 21.4. The van der Waals surface area contributed by atoms with Crippen LogP contribution in [0.5, 0.6) is 0 Å². The molecular formula is C53H53NO6S. The molecule has 61 heavy (non-hydrogen) atoms. The second-order valence-corrected chi connectivity index (χ2v) is 17.0. The number of fused-ring (bicyclic) bond motifs is 1. The van der Waals surface area contributed by atoms with Crippen LogP contribution in [0.1, 0.15) is 44.4 Å². The van der Waals surface area contributed by atoms with Gasteiger partial charge in [-0.05, 0) is 51.4 Å². The van der Waals surface area contributed by atoms with Gasteiger partial charge in [0.2, 0.25) is 0 Å². The molecule has 0 N–H and O–H groups in total. The summed E-state index contributed by atoms with van der Waals surface area (Å²) >= 11 is 1.85. The van der Waals surface area contributed by atoms with Gasteiger partial charge < -0.3 is 33.3 Å². The molecule has 7 nitrogen and oxygen atoms in total. The lowest BCUT2D eigenvalue weighted by Gasteiger charge is -2.47. The Kier molecular flexibility index (Phi) is 13.9. The number of thiophene rings is 1. The van der Waals surface area contributed by atoms with E-state index in [0.717, 1.165) is 53.0 Å². The van der Waals surface area contributed by atoms with E-state index in [4.69, 9.17) is 28.4 Å². The topological polar surface area (TPSA) is 58.6 Å². The summed E-state index contributed by atoms with van der Waals surface area (Å²) in [6, 6.07) is 59.1. The average Bonchev–Trinajstić information content (AvgIpc) is 3.74. The average molecular weight is 832 g/mol. The van der Waals surface area contributed by atoms with E-state index in [1.807, 2.05) is 59.9 Å². The number of anilines is 1. The molecule has 6 aromatic carbocycles. The van der Waals surface area contributed by atoms with Gasteiger partial charge in [0.25, 0.3) is 0 Å². The fourth-order valence-corrected chi connectivity index (χ4v) is 9.50. The minimum atomic E-state index is -0.547. The maximum Gasteiger partial charge on any atom is 0.117 e. The van der Waals surface area contributed by atoms with Crippen LogP contribution in [-0.4, -0.2) is 57.3 Å². The van der Waals surface area contributed by atoms with E-state index in [1.54, 1.807) is 0 Å². The fourth-order valence-electron chi connectivity index (χ4n) is 8.40. The lowest BCUT2D eigenvalue weighted by atomic mass is 9.88. The maximum absolute atomic E-state index is 7.47. The van der Waals surface area contributed by atoms with Crippen molar-refractivity contribution in [1.82, 2.24) is 0 Å². The zero-order chi connectivity index (χ0) is 41.1. The Morgan fingerprint density at radius 2 is 1.07 bits per heavy atom. The van der Waals surface area contributed by atoms with Crippen LogP contribution < -0.4 is 4.90 Å². The normalized spacial score (nSPS) is 20.5. The Morgan fingerprint density at radius 3 is 1.67 bits per heavy atom. The van der Waals surface area contributed by atoms with Crippen LogP contribution in [0.15, 0.2) is 170 Å². The molecule has 2 aliphatic heterocycles. The Balaban J connectivity index is 1.13. The highest BCUT2D eigenvalue weighted by Crippen LogP contribution is 2.43. The molecule has 0 spiro atoms. The minimum Gasteiger partial charge on any atom is -0.378 e. The highest BCUT2D eigenvalue weighted by Gasteiger charge is 2.50. The van der Waals surface area contributed by atoms with E-state index in [0.29, 0.717) is 46.2 Å². The van der Waals surface area contributed by atoms with Crippen molar-refractivity contribution in [1.29, 1.82) is 0 Å². The summed E-state index contributed by atoms with van der Waals surface area (Å²) in [7, 11) is 0. The predicted molar refractivity (Wildman–Crippen MR) is 243 cm³/mol. The largest absolute Gasteiger partial charge is 0.378 e. The molecule has 2 fully saturated rings. The number of morpholine rings is 1. The van der Waals surface area contributed by atoms with Crippen LogP contribution in [-0.2, 0) is 61.3 Å². The van der Waals surface area contributed by atoms with Gasteiger partial charge >= 0.3 is 0 Å². The first-order valence-corrected chi connectivity index (χ1v) is 22.2. The van der Waals surface area contributed by atoms with Gasteiger partial charge in [0, 0.05) is 40.3 Å². The molecule has 0 unspecified atom stereocenters. The highest BCUT2D eigenvalue weighted by atomic mass is 32.1. The summed E-state index contributed by atoms with van der Waals surface area (Å²) < 4.78 is 42.5. The zero-order valence-electron chi connectivity index (χ0n) is 34.4. The van der Waals surface area contributed by atoms with Gasteiger partial charge in [0.15, 0.2) is 0 Å². The predicted octanol–water partition coefficient (Wildman–Crippen LogP) is 10.7. The first kappa shape index (κ1) is 41.2. The van der Waals surface area contributed by atoms with Gasteiger partial charge in [-0.2, -0.15) is 0 Å². The molecule has 2 aliphatic rings. The summed E-state index contributed by atoms with van der Waals surface area (Å²) in [6.07, 6.45) is -1.80. The molecule has 3 heterocycles. The first-order chi connectivity index (χ1) is 30.2. The SMILES string of the molecule is c1ccc(COC[C@H]2O[C@@H](c3cc(Cc4cc5ccccc5s4)ccc3N3CCOCC3)[C@H](OCc3ccccc3)[C@@H](OCc3ccccc3)[C@@H]2OCc2ccccc2)cc1. The molecule has 5 atom stereocenters. The zero-order valence-corrected chi connectivity index (χ0v) is 35.2. The molecule has 0 radical (unpaired) electrons. The number of rotatable bonds is 17. The molecular weight excluding hydrogens is 779 g/mol. The van der Waals surface area contributed by atoms with Crippen LogP contribution >= 0.6 is 11.3 Å². The van der Waals surface area contributed by atoms with Crippen molar-refractivity contribution >= 4 is 27.1 Å².